The zero-order valence-electron chi connectivity index (χ0n) is 9.26. The molecular formula is C14H12O2S. The molecule has 2 aromatic carbocycles. The second kappa shape index (κ2) is 3.70. The Morgan fingerprint density at radius 3 is 2.47 bits per heavy atom. The van der Waals surface area contributed by atoms with Crippen molar-refractivity contribution >= 4 is 26.2 Å². The summed E-state index contributed by atoms with van der Waals surface area (Å²) in [6.45, 7) is 0. The molecule has 1 aliphatic heterocycles. The topological polar surface area (TPSA) is 34.1 Å². The van der Waals surface area contributed by atoms with Gasteiger partial charge in [-0.1, -0.05) is 42.5 Å². The molecule has 0 radical (unpaired) electrons. The van der Waals surface area contributed by atoms with E-state index in [1.165, 1.54) is 5.41 Å². The third kappa shape index (κ3) is 1.87. The SMILES string of the molecule is O=S1(=O)C=C(c2cccc3ccccc23)CC1. The molecule has 2 aromatic rings. The van der Waals surface area contributed by atoms with Crippen LogP contribution in [0.3, 0.4) is 0 Å². The van der Waals surface area contributed by atoms with Gasteiger partial charge >= 0.3 is 0 Å². The van der Waals surface area contributed by atoms with Crippen LogP contribution in [0.1, 0.15) is 12.0 Å². The smallest absolute Gasteiger partial charge is 0.172 e. The van der Waals surface area contributed by atoms with Gasteiger partial charge in [0, 0.05) is 5.41 Å². The standard InChI is InChI=1S/C14H12O2S/c15-17(16)9-8-12(10-17)14-7-3-5-11-4-1-2-6-13(11)14/h1-7,10H,8-9H2. The van der Waals surface area contributed by atoms with Gasteiger partial charge in [0.15, 0.2) is 9.84 Å². The summed E-state index contributed by atoms with van der Waals surface area (Å²) in [6, 6.07) is 14.1. The number of hydrogen-bond acceptors (Lipinski definition) is 2. The van der Waals surface area contributed by atoms with Gasteiger partial charge < -0.3 is 0 Å². The molecule has 1 aliphatic rings. The zero-order chi connectivity index (χ0) is 11.9. The molecular weight excluding hydrogens is 232 g/mol. The Balaban J connectivity index is 2.26. The van der Waals surface area contributed by atoms with E-state index >= 15 is 0 Å². The fraction of sp³-hybridized carbons (Fsp3) is 0.143. The van der Waals surface area contributed by atoms with Gasteiger partial charge in [0.25, 0.3) is 0 Å². The van der Waals surface area contributed by atoms with Gasteiger partial charge in [-0.15, -0.1) is 0 Å². The fourth-order valence-electron chi connectivity index (χ4n) is 2.29. The van der Waals surface area contributed by atoms with Crippen LogP contribution >= 0.6 is 0 Å². The van der Waals surface area contributed by atoms with Crippen LogP contribution in [0.5, 0.6) is 0 Å². The van der Waals surface area contributed by atoms with Gasteiger partial charge in [-0.25, -0.2) is 8.42 Å². The summed E-state index contributed by atoms with van der Waals surface area (Å²) in [7, 11) is -2.97. The minimum Gasteiger partial charge on any atom is -0.224 e. The van der Waals surface area contributed by atoms with E-state index in [4.69, 9.17) is 0 Å². The Bertz CT molecular complexity index is 707. The maximum Gasteiger partial charge on any atom is 0.172 e. The van der Waals surface area contributed by atoms with E-state index in [2.05, 4.69) is 0 Å². The maximum absolute atomic E-state index is 11.5. The van der Waals surface area contributed by atoms with E-state index in [-0.39, 0.29) is 5.75 Å². The van der Waals surface area contributed by atoms with E-state index in [9.17, 15) is 8.42 Å². The van der Waals surface area contributed by atoms with Crippen LogP contribution in [0.4, 0.5) is 0 Å². The van der Waals surface area contributed by atoms with Crippen LogP contribution in [0.25, 0.3) is 16.3 Å². The van der Waals surface area contributed by atoms with Crippen LogP contribution < -0.4 is 0 Å². The number of fused-ring (bicyclic) bond motifs is 1. The number of benzene rings is 2. The quantitative estimate of drug-likeness (QED) is 0.772. The van der Waals surface area contributed by atoms with E-state index < -0.39 is 9.84 Å². The van der Waals surface area contributed by atoms with Crippen LogP contribution in [0.2, 0.25) is 0 Å². The molecule has 3 heteroatoms. The maximum atomic E-state index is 11.5. The van der Waals surface area contributed by atoms with Crippen molar-refractivity contribution in [2.75, 3.05) is 5.75 Å². The lowest BCUT2D eigenvalue weighted by Crippen LogP contribution is -1.92. The highest BCUT2D eigenvalue weighted by molar-refractivity contribution is 7.94. The van der Waals surface area contributed by atoms with Crippen molar-refractivity contribution < 1.29 is 8.42 Å². The predicted molar refractivity (Wildman–Crippen MR) is 70.3 cm³/mol. The molecule has 0 saturated carbocycles. The summed E-state index contributed by atoms with van der Waals surface area (Å²) in [5.74, 6) is 0.242. The van der Waals surface area contributed by atoms with Crippen molar-refractivity contribution in [2.24, 2.45) is 0 Å². The molecule has 0 unspecified atom stereocenters. The molecule has 0 amide bonds. The van der Waals surface area contributed by atoms with Crippen molar-refractivity contribution in [3.8, 4) is 0 Å². The Hall–Kier alpha value is -1.61. The molecule has 3 rings (SSSR count). The van der Waals surface area contributed by atoms with E-state index in [1.807, 2.05) is 42.5 Å². The largest absolute Gasteiger partial charge is 0.224 e. The molecule has 0 spiro atoms. The van der Waals surface area contributed by atoms with Crippen molar-refractivity contribution in [1.82, 2.24) is 0 Å². The molecule has 17 heavy (non-hydrogen) atoms. The van der Waals surface area contributed by atoms with Gasteiger partial charge in [-0.3, -0.25) is 0 Å². The van der Waals surface area contributed by atoms with Gasteiger partial charge in [0.2, 0.25) is 0 Å². The number of rotatable bonds is 1. The molecule has 0 atom stereocenters. The van der Waals surface area contributed by atoms with Crippen LogP contribution in [0.15, 0.2) is 47.9 Å². The fourth-order valence-corrected chi connectivity index (χ4v) is 3.59. The Morgan fingerprint density at radius 2 is 1.71 bits per heavy atom. The van der Waals surface area contributed by atoms with Crippen molar-refractivity contribution in [2.45, 2.75) is 6.42 Å². The Kier molecular flexibility index (Phi) is 2.30. The number of allylic oxidation sites excluding steroid dienone is 1. The Labute approximate surface area is 101 Å². The number of sulfone groups is 1. The summed E-state index contributed by atoms with van der Waals surface area (Å²) < 4.78 is 22.9. The normalized spacial score (nSPS) is 18.2. The second-order valence-corrected chi connectivity index (χ2v) is 6.26. The predicted octanol–water partition coefficient (Wildman–Crippen LogP) is 3.00. The van der Waals surface area contributed by atoms with E-state index in [0.29, 0.717) is 6.42 Å². The van der Waals surface area contributed by atoms with Crippen molar-refractivity contribution in [3.05, 3.63) is 53.4 Å². The molecule has 0 saturated heterocycles. The average molecular weight is 244 g/mol. The zero-order valence-corrected chi connectivity index (χ0v) is 10.1. The minimum absolute atomic E-state index is 0.242. The lowest BCUT2D eigenvalue weighted by atomic mass is 9.98. The first-order valence-electron chi connectivity index (χ1n) is 5.57. The highest BCUT2D eigenvalue weighted by atomic mass is 32.2. The highest BCUT2D eigenvalue weighted by Gasteiger charge is 2.20. The first-order valence-corrected chi connectivity index (χ1v) is 7.29. The summed E-state index contributed by atoms with van der Waals surface area (Å²) >= 11 is 0. The molecule has 0 N–H and O–H groups in total. The van der Waals surface area contributed by atoms with E-state index in [0.717, 1.165) is 21.9 Å². The molecule has 2 nitrogen and oxygen atoms in total. The molecule has 0 aromatic heterocycles. The van der Waals surface area contributed by atoms with E-state index in [1.54, 1.807) is 0 Å². The van der Waals surface area contributed by atoms with Gasteiger partial charge in [0.05, 0.1) is 5.75 Å². The molecule has 86 valence electrons. The van der Waals surface area contributed by atoms with Gasteiger partial charge in [-0.05, 0) is 28.3 Å². The first kappa shape index (κ1) is 10.5. The van der Waals surface area contributed by atoms with Crippen molar-refractivity contribution in [3.63, 3.8) is 0 Å². The van der Waals surface area contributed by atoms with Crippen LogP contribution in [0, 0.1) is 0 Å². The lowest BCUT2D eigenvalue weighted by molar-refractivity contribution is 0.606. The average Bonchev–Trinajstić information content (AvgIpc) is 2.69. The summed E-state index contributed by atoms with van der Waals surface area (Å²) in [5.41, 5.74) is 1.98. The second-order valence-electron chi connectivity index (χ2n) is 4.29. The minimum atomic E-state index is -2.97. The first-order chi connectivity index (χ1) is 8.16. The van der Waals surface area contributed by atoms with Crippen molar-refractivity contribution in [1.29, 1.82) is 0 Å². The summed E-state index contributed by atoms with van der Waals surface area (Å²) in [5, 5.41) is 3.70. The lowest BCUT2D eigenvalue weighted by Gasteiger charge is -2.06. The third-order valence-corrected chi connectivity index (χ3v) is 4.53. The third-order valence-electron chi connectivity index (χ3n) is 3.11. The molecule has 0 bridgehead atoms. The highest BCUT2D eigenvalue weighted by Crippen LogP contribution is 2.31. The summed E-state index contributed by atoms with van der Waals surface area (Å²) in [4.78, 5) is 0. The van der Waals surface area contributed by atoms with Gasteiger partial charge in [-0.2, -0.15) is 0 Å². The van der Waals surface area contributed by atoms with Crippen LogP contribution in [-0.4, -0.2) is 14.2 Å². The summed E-state index contributed by atoms with van der Waals surface area (Å²) in [6.07, 6.45) is 0.621. The van der Waals surface area contributed by atoms with Crippen LogP contribution in [-0.2, 0) is 9.84 Å². The molecule has 1 heterocycles. The number of hydrogen-bond donors (Lipinski definition) is 0. The molecule has 0 fully saturated rings. The van der Waals surface area contributed by atoms with Gasteiger partial charge in [0.1, 0.15) is 0 Å². The molecule has 0 aliphatic carbocycles. The Morgan fingerprint density at radius 1 is 0.941 bits per heavy atom. The monoisotopic (exact) mass is 244 g/mol.